The van der Waals surface area contributed by atoms with Gasteiger partial charge in [0.15, 0.2) is 5.69 Å². The molecule has 0 aliphatic carbocycles. The van der Waals surface area contributed by atoms with Crippen molar-refractivity contribution >= 4 is 27.3 Å². The molecule has 0 atom stereocenters. The number of thiazole rings is 1. The first-order chi connectivity index (χ1) is 4.52. The average molecular weight is 232 g/mol. The van der Waals surface area contributed by atoms with Gasteiger partial charge in [0.25, 0.3) is 0 Å². The Morgan fingerprint density at radius 3 is 2.30 bits per heavy atom. The highest BCUT2D eigenvalue weighted by molar-refractivity contribution is 9.11. The molecule has 0 N–H and O–H groups in total. The number of alkyl halides is 3. The van der Waals surface area contributed by atoms with Crippen LogP contribution >= 0.6 is 27.3 Å². The quantitative estimate of drug-likeness (QED) is 0.670. The number of rotatable bonds is 0. The Kier molecular flexibility index (Phi) is 2.00. The van der Waals surface area contributed by atoms with Gasteiger partial charge in [0.05, 0.1) is 5.51 Å². The zero-order chi connectivity index (χ0) is 7.78. The molecule has 1 rings (SSSR count). The van der Waals surface area contributed by atoms with Gasteiger partial charge in [0.1, 0.15) is 3.79 Å². The molecular formula is C4HBrF3NS. The Morgan fingerprint density at radius 2 is 2.10 bits per heavy atom. The lowest BCUT2D eigenvalue weighted by molar-refractivity contribution is -0.141. The third-order valence-electron chi connectivity index (χ3n) is 0.793. The molecule has 0 saturated heterocycles. The Hall–Kier alpha value is -0.100. The summed E-state index contributed by atoms with van der Waals surface area (Å²) in [6.07, 6.45) is -4.33. The molecule has 56 valence electrons. The van der Waals surface area contributed by atoms with Crippen LogP contribution in [0.4, 0.5) is 13.2 Å². The molecule has 0 saturated carbocycles. The van der Waals surface area contributed by atoms with E-state index in [1.54, 1.807) is 0 Å². The lowest BCUT2D eigenvalue weighted by Crippen LogP contribution is -2.05. The summed E-state index contributed by atoms with van der Waals surface area (Å²) in [7, 11) is 0. The minimum atomic E-state index is -4.33. The fraction of sp³-hybridized carbons (Fsp3) is 0.250. The molecule has 0 aliphatic rings. The van der Waals surface area contributed by atoms with Gasteiger partial charge in [-0.15, -0.1) is 11.3 Å². The molecule has 6 heteroatoms. The molecule has 1 nitrogen and oxygen atoms in total. The van der Waals surface area contributed by atoms with Crippen molar-refractivity contribution in [1.82, 2.24) is 4.98 Å². The molecule has 0 spiro atoms. The monoisotopic (exact) mass is 231 g/mol. The minimum absolute atomic E-state index is 0.0278. The van der Waals surface area contributed by atoms with E-state index in [4.69, 9.17) is 0 Å². The predicted octanol–water partition coefficient (Wildman–Crippen LogP) is 2.92. The third kappa shape index (κ3) is 1.49. The molecule has 0 aliphatic heterocycles. The van der Waals surface area contributed by atoms with Crippen molar-refractivity contribution < 1.29 is 13.2 Å². The topological polar surface area (TPSA) is 12.9 Å². The van der Waals surface area contributed by atoms with Crippen molar-refractivity contribution in [2.24, 2.45) is 0 Å². The van der Waals surface area contributed by atoms with E-state index in [-0.39, 0.29) is 3.79 Å². The maximum absolute atomic E-state index is 11.8. The summed E-state index contributed by atoms with van der Waals surface area (Å²) in [5, 5.41) is 0. The average Bonchev–Trinajstić information content (AvgIpc) is 2.11. The van der Waals surface area contributed by atoms with E-state index in [9.17, 15) is 13.2 Å². The second-order valence-corrected chi connectivity index (χ2v) is 3.65. The Balaban J connectivity index is 3.05. The Morgan fingerprint density at radius 1 is 1.50 bits per heavy atom. The molecular weight excluding hydrogens is 231 g/mol. The largest absolute Gasteiger partial charge is 0.435 e. The van der Waals surface area contributed by atoms with Crippen LogP contribution in [0.5, 0.6) is 0 Å². The summed E-state index contributed by atoms with van der Waals surface area (Å²) in [6.45, 7) is 0. The first-order valence-electron chi connectivity index (χ1n) is 2.18. The first-order valence-corrected chi connectivity index (χ1v) is 3.85. The summed E-state index contributed by atoms with van der Waals surface area (Å²) >= 11 is 3.65. The van der Waals surface area contributed by atoms with E-state index >= 15 is 0 Å². The van der Waals surface area contributed by atoms with Crippen LogP contribution in [0, 0.1) is 0 Å². The summed E-state index contributed by atoms with van der Waals surface area (Å²) in [6, 6.07) is 0. The smallest absolute Gasteiger partial charge is 0.239 e. The van der Waals surface area contributed by atoms with Gasteiger partial charge in [-0.05, 0) is 15.9 Å². The molecule has 1 aromatic heterocycles. The molecule has 0 amide bonds. The van der Waals surface area contributed by atoms with Crippen LogP contribution in [0.15, 0.2) is 9.30 Å². The van der Waals surface area contributed by atoms with Crippen molar-refractivity contribution in [3.05, 3.63) is 15.0 Å². The second kappa shape index (κ2) is 2.50. The summed E-state index contributed by atoms with van der Waals surface area (Å²) in [5.41, 5.74) is 0.296. The van der Waals surface area contributed by atoms with Gasteiger partial charge in [-0.1, -0.05) is 0 Å². The van der Waals surface area contributed by atoms with Gasteiger partial charge in [-0.3, -0.25) is 0 Å². The van der Waals surface area contributed by atoms with Crippen LogP contribution in [-0.2, 0) is 6.18 Å². The third-order valence-corrected chi connectivity index (χ3v) is 2.34. The molecule has 0 fully saturated rings. The van der Waals surface area contributed by atoms with Gasteiger partial charge in [-0.25, -0.2) is 4.98 Å². The van der Waals surface area contributed by atoms with E-state index in [2.05, 4.69) is 20.9 Å². The maximum atomic E-state index is 11.8. The predicted molar refractivity (Wildman–Crippen MR) is 34.8 cm³/mol. The van der Waals surface area contributed by atoms with Crippen molar-refractivity contribution in [2.45, 2.75) is 6.18 Å². The molecule has 0 aromatic carbocycles. The van der Waals surface area contributed by atoms with Crippen LogP contribution in [0.1, 0.15) is 5.69 Å². The van der Waals surface area contributed by atoms with Gasteiger partial charge in [-0.2, -0.15) is 13.2 Å². The highest BCUT2D eigenvalue weighted by atomic mass is 79.9. The van der Waals surface area contributed by atoms with Crippen LogP contribution in [0.2, 0.25) is 0 Å². The molecule has 1 aromatic rings. The summed E-state index contributed by atoms with van der Waals surface area (Å²) in [5.74, 6) is 0. The van der Waals surface area contributed by atoms with Crippen molar-refractivity contribution in [3.8, 4) is 0 Å². The summed E-state index contributed by atoms with van der Waals surface area (Å²) < 4.78 is 35.4. The van der Waals surface area contributed by atoms with Crippen LogP contribution in [0.3, 0.4) is 0 Å². The van der Waals surface area contributed by atoms with E-state index in [1.807, 2.05) is 0 Å². The number of halogens is 4. The standard InChI is InChI=1S/C4HBrF3NS/c5-3-2(4(6,7)8)9-1-10-3/h1H. The number of hydrogen-bond donors (Lipinski definition) is 0. The first kappa shape index (κ1) is 8.00. The van der Waals surface area contributed by atoms with Gasteiger partial charge < -0.3 is 0 Å². The molecule has 0 unspecified atom stereocenters. The SMILES string of the molecule is FC(F)(F)c1ncsc1Br. The van der Waals surface area contributed by atoms with E-state index in [1.165, 1.54) is 0 Å². The van der Waals surface area contributed by atoms with Crippen LogP contribution < -0.4 is 0 Å². The second-order valence-electron chi connectivity index (χ2n) is 1.47. The summed E-state index contributed by atoms with van der Waals surface area (Å²) in [4.78, 5) is 3.13. The van der Waals surface area contributed by atoms with Crippen molar-refractivity contribution in [2.75, 3.05) is 0 Å². The van der Waals surface area contributed by atoms with E-state index in [0.29, 0.717) is 0 Å². The number of aromatic nitrogens is 1. The molecule has 10 heavy (non-hydrogen) atoms. The van der Waals surface area contributed by atoms with Crippen molar-refractivity contribution in [1.29, 1.82) is 0 Å². The van der Waals surface area contributed by atoms with Crippen molar-refractivity contribution in [3.63, 3.8) is 0 Å². The highest BCUT2D eigenvalue weighted by Gasteiger charge is 2.35. The fourth-order valence-corrected chi connectivity index (χ4v) is 1.53. The normalized spacial score (nSPS) is 12.0. The fourth-order valence-electron chi connectivity index (χ4n) is 0.417. The zero-order valence-corrected chi connectivity index (χ0v) is 6.85. The molecule has 1 heterocycles. The lowest BCUT2D eigenvalue weighted by Gasteiger charge is -2.00. The van der Waals surface area contributed by atoms with Crippen LogP contribution in [0.25, 0.3) is 0 Å². The van der Waals surface area contributed by atoms with Crippen LogP contribution in [-0.4, -0.2) is 4.98 Å². The lowest BCUT2D eigenvalue weighted by atomic mass is 10.5. The van der Waals surface area contributed by atoms with Gasteiger partial charge in [0, 0.05) is 0 Å². The maximum Gasteiger partial charge on any atom is 0.435 e. The van der Waals surface area contributed by atoms with Gasteiger partial charge in [0.2, 0.25) is 0 Å². The zero-order valence-electron chi connectivity index (χ0n) is 4.44. The Bertz CT molecular complexity index is 231. The Labute approximate surface area is 67.0 Å². The highest BCUT2D eigenvalue weighted by Crippen LogP contribution is 2.35. The minimum Gasteiger partial charge on any atom is -0.239 e. The van der Waals surface area contributed by atoms with Gasteiger partial charge >= 0.3 is 6.18 Å². The molecule has 0 bridgehead atoms. The van der Waals surface area contributed by atoms with E-state index in [0.717, 1.165) is 16.8 Å². The number of hydrogen-bond acceptors (Lipinski definition) is 2. The van der Waals surface area contributed by atoms with E-state index < -0.39 is 11.9 Å². The molecule has 0 radical (unpaired) electrons. The number of nitrogens with zero attached hydrogens (tertiary/aromatic N) is 1.